The summed E-state index contributed by atoms with van der Waals surface area (Å²) in [5.74, 6) is 0.109. The highest BCUT2D eigenvalue weighted by molar-refractivity contribution is 5.91. The summed E-state index contributed by atoms with van der Waals surface area (Å²) in [7, 11) is 2.14. The fourth-order valence-corrected chi connectivity index (χ4v) is 2.43. The highest BCUT2D eigenvalue weighted by Crippen LogP contribution is 2.18. The van der Waals surface area contributed by atoms with Gasteiger partial charge < -0.3 is 15.1 Å². The van der Waals surface area contributed by atoms with Gasteiger partial charge in [-0.25, -0.2) is 0 Å². The molecule has 1 amide bonds. The Labute approximate surface area is 121 Å². The van der Waals surface area contributed by atoms with Gasteiger partial charge in [0.15, 0.2) is 0 Å². The first-order valence-corrected chi connectivity index (χ1v) is 7.33. The monoisotopic (exact) mass is 275 g/mol. The minimum absolute atomic E-state index is 0.109. The van der Waals surface area contributed by atoms with Gasteiger partial charge in [-0.1, -0.05) is 12.1 Å². The molecule has 1 aliphatic heterocycles. The molecule has 1 aromatic rings. The van der Waals surface area contributed by atoms with Gasteiger partial charge in [-0.15, -0.1) is 0 Å². The zero-order valence-corrected chi connectivity index (χ0v) is 12.8. The van der Waals surface area contributed by atoms with Crippen LogP contribution in [0.25, 0.3) is 0 Å². The summed E-state index contributed by atoms with van der Waals surface area (Å²) in [4.78, 5) is 16.7. The molecule has 0 aliphatic carbocycles. The molecule has 0 spiro atoms. The molecule has 110 valence electrons. The summed E-state index contributed by atoms with van der Waals surface area (Å²) in [5, 5.41) is 3.02. The fourth-order valence-electron chi connectivity index (χ4n) is 2.43. The van der Waals surface area contributed by atoms with Gasteiger partial charge in [0.05, 0.1) is 0 Å². The van der Waals surface area contributed by atoms with Crippen LogP contribution in [0.5, 0.6) is 0 Å². The SMILES string of the molecule is Cc1cccc(NC(=O)CCN2CCN(C)CC2)c1C. The predicted octanol–water partition coefficient (Wildman–Crippen LogP) is 1.88. The summed E-state index contributed by atoms with van der Waals surface area (Å²) >= 11 is 0. The number of nitrogens with one attached hydrogen (secondary N) is 1. The van der Waals surface area contributed by atoms with E-state index < -0.39 is 0 Å². The molecule has 0 unspecified atom stereocenters. The number of piperazine rings is 1. The van der Waals surface area contributed by atoms with E-state index in [1.165, 1.54) is 5.56 Å². The van der Waals surface area contributed by atoms with Gasteiger partial charge in [-0.05, 0) is 38.1 Å². The summed E-state index contributed by atoms with van der Waals surface area (Å²) in [6, 6.07) is 6.02. The Bertz CT molecular complexity index is 465. The Balaban J connectivity index is 1.79. The molecule has 1 fully saturated rings. The summed E-state index contributed by atoms with van der Waals surface area (Å²) in [6.07, 6.45) is 0.567. The third-order valence-electron chi connectivity index (χ3n) is 4.13. The van der Waals surface area contributed by atoms with Gasteiger partial charge in [-0.2, -0.15) is 0 Å². The van der Waals surface area contributed by atoms with Crippen LogP contribution in [0.2, 0.25) is 0 Å². The van der Waals surface area contributed by atoms with Crippen LogP contribution in [0.1, 0.15) is 17.5 Å². The Morgan fingerprint density at radius 2 is 1.90 bits per heavy atom. The van der Waals surface area contributed by atoms with Crippen LogP contribution in [-0.2, 0) is 4.79 Å². The number of aryl methyl sites for hydroxylation is 1. The van der Waals surface area contributed by atoms with Gasteiger partial charge in [-0.3, -0.25) is 4.79 Å². The van der Waals surface area contributed by atoms with Crippen LogP contribution in [-0.4, -0.2) is 55.5 Å². The minimum Gasteiger partial charge on any atom is -0.326 e. The lowest BCUT2D eigenvalue weighted by Gasteiger charge is -2.32. The number of rotatable bonds is 4. The van der Waals surface area contributed by atoms with E-state index in [2.05, 4.69) is 35.2 Å². The van der Waals surface area contributed by atoms with Crippen molar-refractivity contribution in [2.75, 3.05) is 45.1 Å². The van der Waals surface area contributed by atoms with Crippen LogP contribution in [0.4, 0.5) is 5.69 Å². The fraction of sp³-hybridized carbons (Fsp3) is 0.562. The number of benzene rings is 1. The van der Waals surface area contributed by atoms with Crippen LogP contribution >= 0.6 is 0 Å². The molecule has 1 N–H and O–H groups in total. The van der Waals surface area contributed by atoms with E-state index >= 15 is 0 Å². The lowest BCUT2D eigenvalue weighted by Crippen LogP contribution is -2.45. The number of likely N-dealkylation sites (N-methyl/N-ethyl adjacent to an activating group) is 1. The maximum absolute atomic E-state index is 12.0. The number of carbonyl (C=O) groups excluding carboxylic acids is 1. The number of carbonyl (C=O) groups is 1. The second-order valence-corrected chi connectivity index (χ2v) is 5.69. The lowest BCUT2D eigenvalue weighted by molar-refractivity contribution is -0.116. The largest absolute Gasteiger partial charge is 0.326 e. The van der Waals surface area contributed by atoms with E-state index in [4.69, 9.17) is 0 Å². The average Bonchev–Trinajstić information content (AvgIpc) is 2.43. The van der Waals surface area contributed by atoms with Gasteiger partial charge in [0.1, 0.15) is 0 Å². The number of nitrogens with zero attached hydrogens (tertiary/aromatic N) is 2. The van der Waals surface area contributed by atoms with E-state index in [1.54, 1.807) is 0 Å². The molecule has 2 rings (SSSR count). The van der Waals surface area contributed by atoms with Crippen molar-refractivity contribution in [2.24, 2.45) is 0 Å². The number of anilines is 1. The first-order chi connectivity index (χ1) is 9.56. The van der Waals surface area contributed by atoms with Crippen LogP contribution in [0.15, 0.2) is 18.2 Å². The molecule has 0 radical (unpaired) electrons. The van der Waals surface area contributed by atoms with Crippen LogP contribution in [0.3, 0.4) is 0 Å². The van der Waals surface area contributed by atoms with E-state index in [0.29, 0.717) is 6.42 Å². The lowest BCUT2D eigenvalue weighted by atomic mass is 10.1. The number of hydrogen-bond acceptors (Lipinski definition) is 3. The summed E-state index contributed by atoms with van der Waals surface area (Å²) in [6.45, 7) is 9.28. The number of amides is 1. The van der Waals surface area contributed by atoms with Crippen molar-refractivity contribution in [3.8, 4) is 0 Å². The average molecular weight is 275 g/mol. The molecular weight excluding hydrogens is 250 g/mol. The van der Waals surface area contributed by atoms with E-state index in [-0.39, 0.29) is 5.91 Å². The van der Waals surface area contributed by atoms with Crippen molar-refractivity contribution in [2.45, 2.75) is 20.3 Å². The van der Waals surface area contributed by atoms with E-state index in [0.717, 1.165) is 44.0 Å². The van der Waals surface area contributed by atoms with Crippen molar-refractivity contribution in [1.82, 2.24) is 9.80 Å². The molecule has 1 aliphatic rings. The maximum Gasteiger partial charge on any atom is 0.225 e. The molecule has 1 aromatic carbocycles. The van der Waals surface area contributed by atoms with Crippen molar-refractivity contribution in [3.05, 3.63) is 29.3 Å². The van der Waals surface area contributed by atoms with Crippen molar-refractivity contribution >= 4 is 11.6 Å². The highest BCUT2D eigenvalue weighted by Gasteiger charge is 2.14. The minimum atomic E-state index is 0.109. The smallest absolute Gasteiger partial charge is 0.225 e. The van der Waals surface area contributed by atoms with Crippen LogP contribution < -0.4 is 5.32 Å². The Kier molecular flexibility index (Phi) is 5.15. The van der Waals surface area contributed by atoms with Gasteiger partial charge in [0, 0.05) is 44.8 Å². The molecule has 20 heavy (non-hydrogen) atoms. The van der Waals surface area contributed by atoms with Crippen molar-refractivity contribution in [3.63, 3.8) is 0 Å². The summed E-state index contributed by atoms with van der Waals surface area (Å²) < 4.78 is 0. The van der Waals surface area contributed by atoms with E-state index in [1.807, 2.05) is 19.1 Å². The molecular formula is C16H25N3O. The highest BCUT2D eigenvalue weighted by atomic mass is 16.1. The molecule has 1 saturated heterocycles. The predicted molar refractivity (Wildman–Crippen MR) is 83.1 cm³/mol. The zero-order chi connectivity index (χ0) is 14.5. The maximum atomic E-state index is 12.0. The van der Waals surface area contributed by atoms with Crippen LogP contribution in [0, 0.1) is 13.8 Å². The van der Waals surface area contributed by atoms with Gasteiger partial charge in [0.25, 0.3) is 0 Å². The third-order valence-corrected chi connectivity index (χ3v) is 4.13. The molecule has 4 nitrogen and oxygen atoms in total. The third kappa shape index (κ3) is 4.05. The second kappa shape index (κ2) is 6.86. The second-order valence-electron chi connectivity index (χ2n) is 5.69. The quantitative estimate of drug-likeness (QED) is 0.911. The Hall–Kier alpha value is -1.39. The molecule has 0 atom stereocenters. The Morgan fingerprint density at radius 1 is 1.20 bits per heavy atom. The van der Waals surface area contributed by atoms with E-state index in [9.17, 15) is 4.79 Å². The van der Waals surface area contributed by atoms with Crippen molar-refractivity contribution in [1.29, 1.82) is 0 Å². The molecule has 0 saturated carbocycles. The summed E-state index contributed by atoms with van der Waals surface area (Å²) in [5.41, 5.74) is 3.30. The molecule has 0 aromatic heterocycles. The molecule has 0 bridgehead atoms. The first kappa shape index (κ1) is 15.0. The zero-order valence-electron chi connectivity index (χ0n) is 12.8. The topological polar surface area (TPSA) is 35.6 Å². The Morgan fingerprint density at radius 3 is 2.60 bits per heavy atom. The van der Waals surface area contributed by atoms with Gasteiger partial charge in [0.2, 0.25) is 5.91 Å². The standard InChI is InChI=1S/C16H25N3O/c1-13-5-4-6-15(14(13)2)17-16(20)7-8-19-11-9-18(3)10-12-19/h4-6H,7-12H2,1-3H3,(H,17,20). The van der Waals surface area contributed by atoms with Gasteiger partial charge >= 0.3 is 0 Å². The normalized spacial score (nSPS) is 17.1. The first-order valence-electron chi connectivity index (χ1n) is 7.33. The van der Waals surface area contributed by atoms with Crippen molar-refractivity contribution < 1.29 is 4.79 Å². The number of hydrogen-bond donors (Lipinski definition) is 1. The molecule has 4 heteroatoms. The molecule has 1 heterocycles.